The zero-order valence-electron chi connectivity index (χ0n) is 16.2. The molecule has 2 aromatic rings. The molecule has 0 radical (unpaired) electrons. The Balaban J connectivity index is 1.96. The molecule has 0 fully saturated rings. The Hall–Kier alpha value is -2.84. The summed E-state index contributed by atoms with van der Waals surface area (Å²) >= 11 is 11.6. The molecule has 0 aromatic heterocycles. The molecule has 2 unspecified atom stereocenters. The number of nitrogens with one attached hydrogen (secondary N) is 2. The summed E-state index contributed by atoms with van der Waals surface area (Å²) in [5.41, 5.74) is 15.7. The number of fused-ring (bicyclic) bond motifs is 1. The van der Waals surface area contributed by atoms with Crippen molar-refractivity contribution in [2.24, 2.45) is 16.8 Å². The minimum atomic E-state index is -0.858. The first-order valence-corrected chi connectivity index (χ1v) is 10.2. The summed E-state index contributed by atoms with van der Waals surface area (Å²) in [6.07, 6.45) is 0.532. The zero-order chi connectivity index (χ0) is 22.5. The summed E-state index contributed by atoms with van der Waals surface area (Å²) in [7, 11) is 0. The predicted octanol–water partition coefficient (Wildman–Crippen LogP) is 4.13. The molecule has 3 atom stereocenters. The summed E-state index contributed by atoms with van der Waals surface area (Å²) in [6.45, 7) is 0.0278. The second kappa shape index (κ2) is 9.98. The van der Waals surface area contributed by atoms with E-state index in [9.17, 15) is 14.0 Å². The highest BCUT2D eigenvalue weighted by atomic mass is 35.5. The summed E-state index contributed by atoms with van der Waals surface area (Å²) in [5.74, 6) is -2.75. The lowest BCUT2D eigenvalue weighted by atomic mass is 9.81. The molecule has 31 heavy (non-hydrogen) atoms. The van der Waals surface area contributed by atoms with Crippen molar-refractivity contribution in [1.82, 2.24) is 5.32 Å². The van der Waals surface area contributed by atoms with E-state index in [2.05, 4.69) is 20.7 Å². The van der Waals surface area contributed by atoms with Crippen LogP contribution < -0.4 is 16.4 Å². The van der Waals surface area contributed by atoms with E-state index in [0.717, 1.165) is 11.1 Å². The van der Waals surface area contributed by atoms with Gasteiger partial charge in [-0.05, 0) is 41.6 Å². The number of carbonyl (C=O) groups is 2. The smallest absolute Gasteiger partial charge is 0.234 e. The fourth-order valence-electron chi connectivity index (χ4n) is 3.66. The number of primary amides is 1. The molecule has 2 amide bonds. The third-order valence-electron chi connectivity index (χ3n) is 5.17. The van der Waals surface area contributed by atoms with Gasteiger partial charge < -0.3 is 11.1 Å². The Bertz CT molecular complexity index is 1060. The van der Waals surface area contributed by atoms with Crippen LogP contribution in [0.4, 0.5) is 10.1 Å². The van der Waals surface area contributed by atoms with Crippen LogP contribution >= 0.6 is 23.2 Å². The number of anilines is 1. The average Bonchev–Trinajstić information content (AvgIpc) is 2.76. The normalized spacial score (nSPS) is 18.4. The van der Waals surface area contributed by atoms with Gasteiger partial charge in [-0.15, -0.1) is 0 Å². The van der Waals surface area contributed by atoms with Crippen LogP contribution in [-0.4, -0.2) is 24.4 Å². The van der Waals surface area contributed by atoms with Gasteiger partial charge in [0.05, 0.1) is 27.7 Å². The van der Waals surface area contributed by atoms with E-state index in [1.165, 1.54) is 12.1 Å². The van der Waals surface area contributed by atoms with Crippen LogP contribution in [-0.2, 0) is 16.0 Å². The van der Waals surface area contributed by atoms with E-state index in [1.54, 1.807) is 0 Å². The van der Waals surface area contributed by atoms with Gasteiger partial charge in [-0.25, -0.2) is 4.39 Å². The van der Waals surface area contributed by atoms with Crippen molar-refractivity contribution >= 4 is 40.7 Å². The molecule has 11 heteroatoms. The standard InChI is InChI=1S/C20H19Cl2FN6O2/c21-13-5-6-14(17(23)16(13)22)28-20(31)12(7-8-26-29-25)18-11-4-2-1-3-10(11)9-15(27-18)19(24)30/h1-6,12,15,18,27H,7-9H2,(H2,24,30)(H,28,31)/t12-,15?,18?/m0/s1. The van der Waals surface area contributed by atoms with Crippen LogP contribution in [0.3, 0.4) is 0 Å². The summed E-state index contributed by atoms with van der Waals surface area (Å²) in [6, 6.07) is 8.74. The summed E-state index contributed by atoms with van der Waals surface area (Å²) < 4.78 is 14.5. The minimum absolute atomic E-state index is 0.0178. The second-order valence-corrected chi connectivity index (χ2v) is 7.85. The lowest BCUT2D eigenvalue weighted by Gasteiger charge is -2.36. The van der Waals surface area contributed by atoms with Crippen molar-refractivity contribution in [1.29, 1.82) is 0 Å². The Morgan fingerprint density at radius 2 is 2.06 bits per heavy atom. The molecule has 1 aliphatic heterocycles. The Labute approximate surface area is 187 Å². The molecule has 1 aliphatic rings. The second-order valence-electron chi connectivity index (χ2n) is 7.06. The van der Waals surface area contributed by atoms with E-state index in [4.69, 9.17) is 34.5 Å². The maximum absolute atomic E-state index is 14.5. The fourth-order valence-corrected chi connectivity index (χ4v) is 3.97. The topological polar surface area (TPSA) is 133 Å². The lowest BCUT2D eigenvalue weighted by Crippen LogP contribution is -2.51. The molecule has 0 saturated carbocycles. The van der Waals surface area contributed by atoms with Crippen molar-refractivity contribution in [2.75, 3.05) is 11.9 Å². The van der Waals surface area contributed by atoms with E-state index >= 15 is 0 Å². The van der Waals surface area contributed by atoms with E-state index in [-0.39, 0.29) is 28.7 Å². The number of amides is 2. The van der Waals surface area contributed by atoms with Gasteiger partial charge in [0.1, 0.15) is 0 Å². The lowest BCUT2D eigenvalue weighted by molar-refractivity contribution is -0.123. The third-order valence-corrected chi connectivity index (χ3v) is 5.96. The number of hydrogen-bond acceptors (Lipinski definition) is 4. The molecule has 4 N–H and O–H groups in total. The Kier molecular flexibility index (Phi) is 7.35. The van der Waals surface area contributed by atoms with E-state index in [0.29, 0.717) is 6.42 Å². The molecule has 0 spiro atoms. The number of hydrogen-bond donors (Lipinski definition) is 3. The number of azide groups is 1. The molecule has 8 nitrogen and oxygen atoms in total. The highest BCUT2D eigenvalue weighted by molar-refractivity contribution is 6.42. The SMILES string of the molecule is [N-]=[N+]=NCC[C@H](C(=O)Nc1ccc(Cl)c(Cl)c1F)C1NC(C(N)=O)Cc2ccccc21. The minimum Gasteiger partial charge on any atom is -0.368 e. The van der Waals surface area contributed by atoms with Crippen LogP contribution in [0.1, 0.15) is 23.6 Å². The third kappa shape index (κ3) is 5.08. The maximum Gasteiger partial charge on any atom is 0.234 e. The number of halogens is 3. The van der Waals surface area contributed by atoms with Gasteiger partial charge in [-0.1, -0.05) is 52.6 Å². The number of carbonyl (C=O) groups excluding carboxylic acids is 2. The van der Waals surface area contributed by atoms with Gasteiger partial charge in [0.25, 0.3) is 0 Å². The first-order chi connectivity index (χ1) is 14.8. The fraction of sp³-hybridized carbons (Fsp3) is 0.300. The quantitative estimate of drug-likeness (QED) is 0.246. The van der Waals surface area contributed by atoms with E-state index < -0.39 is 35.6 Å². The summed E-state index contributed by atoms with van der Waals surface area (Å²) in [5, 5.41) is 8.89. The monoisotopic (exact) mass is 464 g/mol. The molecule has 0 saturated heterocycles. The van der Waals surface area contributed by atoms with Crippen molar-refractivity contribution in [3.8, 4) is 0 Å². The molecule has 0 bridgehead atoms. The van der Waals surface area contributed by atoms with Gasteiger partial charge in [0, 0.05) is 17.5 Å². The highest BCUT2D eigenvalue weighted by Gasteiger charge is 2.37. The largest absolute Gasteiger partial charge is 0.368 e. The first kappa shape index (κ1) is 22.8. The molecule has 2 aromatic carbocycles. The zero-order valence-corrected chi connectivity index (χ0v) is 17.7. The first-order valence-electron chi connectivity index (χ1n) is 9.41. The highest BCUT2D eigenvalue weighted by Crippen LogP contribution is 2.35. The van der Waals surface area contributed by atoms with E-state index in [1.807, 2.05) is 24.3 Å². The van der Waals surface area contributed by atoms with Crippen LogP contribution in [0.5, 0.6) is 0 Å². The number of rotatable bonds is 7. The molecule has 162 valence electrons. The number of benzene rings is 2. The van der Waals surface area contributed by atoms with Gasteiger partial charge in [0.2, 0.25) is 11.8 Å². The van der Waals surface area contributed by atoms with Crippen molar-refractivity contribution in [3.63, 3.8) is 0 Å². The van der Waals surface area contributed by atoms with Gasteiger partial charge in [-0.3, -0.25) is 14.9 Å². The molecule has 3 rings (SSSR count). The maximum atomic E-state index is 14.5. The van der Waals surface area contributed by atoms with Crippen LogP contribution in [0.2, 0.25) is 10.0 Å². The van der Waals surface area contributed by atoms with Crippen LogP contribution in [0.25, 0.3) is 10.4 Å². The molecular weight excluding hydrogens is 446 g/mol. The predicted molar refractivity (Wildman–Crippen MR) is 116 cm³/mol. The van der Waals surface area contributed by atoms with Crippen LogP contribution in [0.15, 0.2) is 41.5 Å². The Morgan fingerprint density at radius 3 is 2.77 bits per heavy atom. The van der Waals surface area contributed by atoms with Crippen LogP contribution in [0, 0.1) is 11.7 Å². The van der Waals surface area contributed by atoms with Gasteiger partial charge >= 0.3 is 0 Å². The van der Waals surface area contributed by atoms with Gasteiger partial charge in [-0.2, -0.15) is 0 Å². The average molecular weight is 465 g/mol. The van der Waals surface area contributed by atoms with Gasteiger partial charge in [0.15, 0.2) is 5.82 Å². The molecule has 0 aliphatic carbocycles. The molecule has 1 heterocycles. The van der Waals surface area contributed by atoms with Crippen molar-refractivity contribution in [3.05, 3.63) is 73.8 Å². The van der Waals surface area contributed by atoms with Crippen molar-refractivity contribution in [2.45, 2.75) is 24.9 Å². The summed E-state index contributed by atoms with van der Waals surface area (Å²) in [4.78, 5) is 27.8. The number of nitrogens with two attached hydrogens (primary N) is 1. The Morgan fingerprint density at radius 1 is 1.32 bits per heavy atom. The molecular formula is C20H19Cl2FN6O2. The van der Waals surface area contributed by atoms with Crippen molar-refractivity contribution < 1.29 is 14.0 Å². The number of nitrogens with zero attached hydrogens (tertiary/aromatic N) is 3.